The van der Waals surface area contributed by atoms with Gasteiger partial charge in [-0.1, -0.05) is 265 Å². The summed E-state index contributed by atoms with van der Waals surface area (Å²) >= 11 is 0. The molecule has 0 saturated heterocycles. The minimum Gasteiger partial charge on any atom is -0.462 e. The van der Waals surface area contributed by atoms with Crippen molar-refractivity contribution in [2.45, 2.75) is 354 Å². The number of rotatable bonds is 75. The number of unbranched alkanes of at least 4 members (excludes halogenated alkanes) is 31. The van der Waals surface area contributed by atoms with Crippen molar-refractivity contribution >= 4 is 39.5 Å². The maximum Gasteiger partial charge on any atom is 0.472 e. The molecule has 0 saturated carbocycles. The van der Waals surface area contributed by atoms with Crippen LogP contribution >= 0.6 is 15.6 Å². The lowest BCUT2D eigenvalue weighted by molar-refractivity contribution is -0.161. The summed E-state index contributed by atoms with van der Waals surface area (Å²) in [4.78, 5) is 73.0. The molecule has 0 aromatic carbocycles. The molecule has 19 heteroatoms. The SMILES string of the molecule is CCCCC/C=C\C/C=C\C/C=C\C/C=C\CCCC(=O)OC[C@H](COP(=O)(O)OC[C@H](O)COP(=O)(O)OC[C@@H](COC(=O)CCCCCCC/C=C\C/C=C\CCCCC)OC(=O)CCCCCCC/C=C\C/C=C\CCCCC)OC(=O)CCCCCCC/C=C\CCCCCCCC. The predicted molar refractivity (Wildman–Crippen MR) is 418 cm³/mol. The molecule has 0 aliphatic rings. The second-order valence-corrected chi connectivity index (χ2v) is 29.5. The Morgan fingerprint density at radius 2 is 0.490 bits per heavy atom. The summed E-state index contributed by atoms with van der Waals surface area (Å²) in [6.45, 7) is 4.71. The van der Waals surface area contributed by atoms with Crippen molar-refractivity contribution < 1.29 is 80.2 Å². The minimum absolute atomic E-state index is 0.0724. The summed E-state index contributed by atoms with van der Waals surface area (Å²) in [5.41, 5.74) is 0. The second-order valence-electron chi connectivity index (χ2n) is 26.6. The molecule has 0 heterocycles. The highest BCUT2D eigenvalue weighted by molar-refractivity contribution is 7.47. The minimum atomic E-state index is -4.99. The molecular weight excluding hydrogens is 1330 g/mol. The van der Waals surface area contributed by atoms with E-state index in [9.17, 15) is 43.2 Å². The smallest absolute Gasteiger partial charge is 0.462 e. The zero-order chi connectivity index (χ0) is 74.6. The fraction of sp³-hybridized carbons (Fsp3) is 0.735. The summed E-state index contributed by atoms with van der Waals surface area (Å²) < 4.78 is 68.5. The summed E-state index contributed by atoms with van der Waals surface area (Å²) in [5, 5.41) is 10.6. The number of aliphatic hydroxyl groups is 1. The molecule has 588 valence electrons. The highest BCUT2D eigenvalue weighted by Crippen LogP contribution is 2.45. The van der Waals surface area contributed by atoms with E-state index in [0.717, 1.165) is 154 Å². The highest BCUT2D eigenvalue weighted by Gasteiger charge is 2.30. The fourth-order valence-electron chi connectivity index (χ4n) is 10.5. The molecule has 0 aliphatic heterocycles. The van der Waals surface area contributed by atoms with E-state index in [4.69, 9.17) is 37.0 Å². The summed E-state index contributed by atoms with van der Waals surface area (Å²) in [6.07, 6.45) is 80.7. The van der Waals surface area contributed by atoms with Gasteiger partial charge in [0.25, 0.3) is 0 Å². The number of carbonyl (C=O) groups excluding carboxylic acids is 4. The monoisotopic (exact) mass is 1470 g/mol. The predicted octanol–water partition coefficient (Wildman–Crippen LogP) is 23.3. The van der Waals surface area contributed by atoms with Gasteiger partial charge in [0.05, 0.1) is 26.4 Å². The average Bonchev–Trinajstić information content (AvgIpc) is 0.923. The van der Waals surface area contributed by atoms with Crippen molar-refractivity contribution in [2.75, 3.05) is 39.6 Å². The number of phosphoric ester groups is 2. The van der Waals surface area contributed by atoms with Gasteiger partial charge in [-0.05, 0) is 154 Å². The number of aliphatic hydroxyl groups excluding tert-OH is 1. The largest absolute Gasteiger partial charge is 0.472 e. The van der Waals surface area contributed by atoms with Gasteiger partial charge in [0.15, 0.2) is 12.2 Å². The number of esters is 4. The fourth-order valence-corrected chi connectivity index (χ4v) is 12.1. The van der Waals surface area contributed by atoms with Gasteiger partial charge in [0.2, 0.25) is 0 Å². The lowest BCUT2D eigenvalue weighted by atomic mass is 10.1. The van der Waals surface area contributed by atoms with Crippen molar-refractivity contribution in [2.24, 2.45) is 0 Å². The number of hydrogen-bond donors (Lipinski definition) is 3. The molecule has 2 unspecified atom stereocenters. The number of hydrogen-bond acceptors (Lipinski definition) is 15. The van der Waals surface area contributed by atoms with Crippen LogP contribution in [0.2, 0.25) is 0 Å². The highest BCUT2D eigenvalue weighted by atomic mass is 31.2. The van der Waals surface area contributed by atoms with E-state index in [1.165, 1.54) is 96.3 Å². The summed E-state index contributed by atoms with van der Waals surface area (Å²) in [6, 6.07) is 0. The van der Waals surface area contributed by atoms with Gasteiger partial charge < -0.3 is 33.8 Å². The molecule has 102 heavy (non-hydrogen) atoms. The van der Waals surface area contributed by atoms with E-state index >= 15 is 0 Å². The molecule has 0 aliphatic carbocycles. The normalized spacial score (nSPS) is 14.5. The molecule has 3 N–H and O–H groups in total. The van der Waals surface area contributed by atoms with Crippen molar-refractivity contribution in [1.29, 1.82) is 0 Å². The molecule has 17 nitrogen and oxygen atoms in total. The van der Waals surface area contributed by atoms with Gasteiger partial charge in [-0.15, -0.1) is 0 Å². The molecule has 0 amide bonds. The van der Waals surface area contributed by atoms with Crippen LogP contribution < -0.4 is 0 Å². The van der Waals surface area contributed by atoms with Gasteiger partial charge in [0.1, 0.15) is 19.3 Å². The Hall–Kier alpha value is -4.28. The quantitative estimate of drug-likeness (QED) is 0.0169. The average molecular weight is 1480 g/mol. The van der Waals surface area contributed by atoms with E-state index in [1.807, 2.05) is 12.2 Å². The first kappa shape index (κ1) is 97.7. The molecule has 0 aromatic heterocycles. The van der Waals surface area contributed by atoms with Crippen LogP contribution in [0.1, 0.15) is 336 Å². The Balaban J connectivity index is 5.43. The molecule has 0 radical (unpaired) electrons. The lowest BCUT2D eigenvalue weighted by Crippen LogP contribution is -2.30. The van der Waals surface area contributed by atoms with Gasteiger partial charge in [0, 0.05) is 25.7 Å². The van der Waals surface area contributed by atoms with Gasteiger partial charge in [-0.2, -0.15) is 0 Å². The molecule has 0 aromatic rings. The zero-order valence-electron chi connectivity index (χ0n) is 64.3. The van der Waals surface area contributed by atoms with E-state index < -0.39 is 97.5 Å². The maximum absolute atomic E-state index is 13.1. The van der Waals surface area contributed by atoms with E-state index in [2.05, 4.69) is 125 Å². The van der Waals surface area contributed by atoms with Crippen molar-refractivity contribution in [3.63, 3.8) is 0 Å². The van der Waals surface area contributed by atoms with Crippen molar-refractivity contribution in [1.82, 2.24) is 0 Å². The maximum atomic E-state index is 13.1. The van der Waals surface area contributed by atoms with Gasteiger partial charge in [-0.3, -0.25) is 37.3 Å². The zero-order valence-corrected chi connectivity index (χ0v) is 66.0. The second kappa shape index (κ2) is 75.0. The molecule has 5 atom stereocenters. The van der Waals surface area contributed by atoms with Gasteiger partial charge in [-0.25, -0.2) is 9.13 Å². The van der Waals surface area contributed by atoms with Crippen LogP contribution in [0.25, 0.3) is 0 Å². The van der Waals surface area contributed by atoms with E-state index in [1.54, 1.807) is 0 Å². The van der Waals surface area contributed by atoms with Crippen molar-refractivity contribution in [3.05, 3.63) is 109 Å². The third-order valence-electron chi connectivity index (χ3n) is 16.7. The number of ether oxygens (including phenoxy) is 4. The molecule has 0 bridgehead atoms. The van der Waals surface area contributed by atoms with Crippen LogP contribution in [0, 0.1) is 0 Å². The Labute approximate surface area is 619 Å². The third kappa shape index (κ3) is 74.0. The lowest BCUT2D eigenvalue weighted by Gasteiger charge is -2.21. The van der Waals surface area contributed by atoms with Crippen LogP contribution in [0.5, 0.6) is 0 Å². The summed E-state index contributed by atoms with van der Waals surface area (Å²) in [5.74, 6) is -2.27. The molecular formula is C83H144O17P2. The first-order chi connectivity index (χ1) is 49.7. The number of phosphoric acid groups is 2. The number of carbonyl (C=O) groups is 4. The Kier molecular flexibility index (Phi) is 71.8. The molecule has 0 rings (SSSR count). The Morgan fingerprint density at radius 1 is 0.275 bits per heavy atom. The first-order valence-electron chi connectivity index (χ1n) is 40.1. The first-order valence-corrected chi connectivity index (χ1v) is 43.1. The Bertz CT molecular complexity index is 2360. The van der Waals surface area contributed by atoms with Crippen molar-refractivity contribution in [3.8, 4) is 0 Å². The van der Waals surface area contributed by atoms with Crippen LogP contribution in [-0.2, 0) is 65.4 Å². The topological polar surface area (TPSA) is 237 Å². The third-order valence-corrected chi connectivity index (χ3v) is 18.6. The van der Waals surface area contributed by atoms with E-state index in [-0.39, 0.29) is 25.7 Å². The van der Waals surface area contributed by atoms with E-state index in [0.29, 0.717) is 32.1 Å². The van der Waals surface area contributed by atoms with Crippen LogP contribution in [-0.4, -0.2) is 96.7 Å². The molecule has 0 spiro atoms. The Morgan fingerprint density at radius 3 is 0.804 bits per heavy atom. The number of allylic oxidation sites excluding steroid dienone is 18. The van der Waals surface area contributed by atoms with Crippen LogP contribution in [0.4, 0.5) is 0 Å². The standard InChI is InChI=1S/C83H144O17P2/c1-5-9-13-17-21-25-29-33-37-38-42-44-48-52-56-60-64-68-81(86)94-74-79(100-83(88)70-66-62-58-54-50-46-41-36-32-28-24-20-16-12-8-4)76-98-102(91,92)96-72-77(84)71-95-101(89,90)97-75-78(99-82(87)69-65-61-57-53-49-45-40-35-31-27-23-19-15-11-7-3)73-93-80(85)67-63-59-55-51-47-43-39-34-30-26-22-18-14-10-6-2/h21-23,25-27,33-37,39-42,44,52,56,77-79,84H,5-20,24,28-32,38,43,45-51,53-55,57-76H2,1-4H3,(H,89,90)(H,91,92)/b25-21-,26-22-,27-23-,37-33-,39-34-,40-35-,41-36-,44-42-,56-52-/t77-,78-,79-/m1/s1. The van der Waals surface area contributed by atoms with Gasteiger partial charge >= 0.3 is 39.5 Å². The molecule has 0 fully saturated rings. The van der Waals surface area contributed by atoms with Crippen LogP contribution in [0.15, 0.2) is 109 Å². The van der Waals surface area contributed by atoms with Crippen LogP contribution in [0.3, 0.4) is 0 Å². The summed E-state index contributed by atoms with van der Waals surface area (Å²) in [7, 11) is -9.98.